The fourth-order valence-electron chi connectivity index (χ4n) is 1.68. The van der Waals surface area contributed by atoms with E-state index < -0.39 is 0 Å². The summed E-state index contributed by atoms with van der Waals surface area (Å²) in [4.78, 5) is 13.7. The SMILES string of the molecule is CCCCNC(=O)CN(C)Cc1ccccc1Br. The van der Waals surface area contributed by atoms with Crippen molar-refractivity contribution in [2.24, 2.45) is 0 Å². The third-order valence-corrected chi connectivity index (χ3v) is 3.44. The number of benzene rings is 1. The van der Waals surface area contributed by atoms with Gasteiger partial charge < -0.3 is 5.32 Å². The number of carbonyl (C=O) groups is 1. The van der Waals surface area contributed by atoms with Crippen LogP contribution in [0.15, 0.2) is 28.7 Å². The highest BCUT2D eigenvalue weighted by atomic mass is 79.9. The van der Waals surface area contributed by atoms with Crippen LogP contribution in [0.4, 0.5) is 0 Å². The molecule has 0 saturated heterocycles. The topological polar surface area (TPSA) is 32.3 Å². The molecule has 0 aliphatic rings. The summed E-state index contributed by atoms with van der Waals surface area (Å²) in [5, 5.41) is 2.92. The first kappa shape index (κ1) is 15.2. The lowest BCUT2D eigenvalue weighted by atomic mass is 10.2. The van der Waals surface area contributed by atoms with Gasteiger partial charge in [0.05, 0.1) is 6.54 Å². The van der Waals surface area contributed by atoms with Crippen molar-refractivity contribution in [3.63, 3.8) is 0 Å². The molecule has 0 radical (unpaired) electrons. The van der Waals surface area contributed by atoms with Gasteiger partial charge in [0.25, 0.3) is 0 Å². The molecule has 1 aromatic rings. The normalized spacial score (nSPS) is 10.7. The van der Waals surface area contributed by atoms with Crippen LogP contribution in [0.3, 0.4) is 0 Å². The molecule has 0 aromatic heterocycles. The average Bonchev–Trinajstić information content (AvgIpc) is 2.32. The zero-order valence-corrected chi connectivity index (χ0v) is 12.7. The van der Waals surface area contributed by atoms with Crippen LogP contribution in [0.2, 0.25) is 0 Å². The molecule has 0 spiro atoms. The number of amides is 1. The molecule has 0 bridgehead atoms. The Kier molecular flexibility index (Phi) is 6.98. The number of halogens is 1. The minimum atomic E-state index is 0.0954. The smallest absolute Gasteiger partial charge is 0.234 e. The fraction of sp³-hybridized carbons (Fsp3) is 0.500. The van der Waals surface area contributed by atoms with E-state index in [9.17, 15) is 4.79 Å². The van der Waals surface area contributed by atoms with Gasteiger partial charge in [-0.25, -0.2) is 0 Å². The van der Waals surface area contributed by atoms with Crippen molar-refractivity contribution in [1.82, 2.24) is 10.2 Å². The van der Waals surface area contributed by atoms with Crippen LogP contribution < -0.4 is 5.32 Å². The van der Waals surface area contributed by atoms with Crippen molar-refractivity contribution in [3.05, 3.63) is 34.3 Å². The summed E-state index contributed by atoms with van der Waals surface area (Å²) in [7, 11) is 1.96. The number of hydrogen-bond acceptors (Lipinski definition) is 2. The van der Waals surface area contributed by atoms with E-state index in [0.717, 1.165) is 30.4 Å². The molecule has 4 heteroatoms. The van der Waals surface area contributed by atoms with E-state index in [1.165, 1.54) is 5.56 Å². The van der Waals surface area contributed by atoms with Crippen LogP contribution in [0.25, 0.3) is 0 Å². The summed E-state index contributed by atoms with van der Waals surface area (Å²) < 4.78 is 1.09. The standard InChI is InChI=1S/C14H21BrN2O/c1-3-4-9-16-14(18)11-17(2)10-12-7-5-6-8-13(12)15/h5-8H,3-4,9-11H2,1-2H3,(H,16,18). The molecule has 0 unspecified atom stereocenters. The molecule has 0 aliphatic heterocycles. The number of rotatable bonds is 7. The molecule has 3 nitrogen and oxygen atoms in total. The quantitative estimate of drug-likeness (QED) is 0.785. The third kappa shape index (κ3) is 5.65. The second-order valence-electron chi connectivity index (χ2n) is 4.47. The van der Waals surface area contributed by atoms with Gasteiger partial charge in [0.15, 0.2) is 0 Å². The van der Waals surface area contributed by atoms with E-state index in [0.29, 0.717) is 6.54 Å². The summed E-state index contributed by atoms with van der Waals surface area (Å²) in [6.45, 7) is 4.09. The summed E-state index contributed by atoms with van der Waals surface area (Å²) in [6.07, 6.45) is 2.15. The lowest BCUT2D eigenvalue weighted by molar-refractivity contribution is -0.122. The van der Waals surface area contributed by atoms with Crippen molar-refractivity contribution >= 4 is 21.8 Å². The monoisotopic (exact) mass is 312 g/mol. The molecule has 1 aromatic carbocycles. The molecule has 100 valence electrons. The van der Waals surface area contributed by atoms with E-state index in [1.54, 1.807) is 0 Å². The molecule has 0 heterocycles. The zero-order valence-electron chi connectivity index (χ0n) is 11.1. The molecule has 18 heavy (non-hydrogen) atoms. The van der Waals surface area contributed by atoms with Crippen molar-refractivity contribution in [2.75, 3.05) is 20.1 Å². The van der Waals surface area contributed by atoms with Crippen molar-refractivity contribution in [3.8, 4) is 0 Å². The molecular weight excluding hydrogens is 292 g/mol. The second kappa shape index (κ2) is 8.27. The molecule has 0 aliphatic carbocycles. The maximum atomic E-state index is 11.6. The number of unbranched alkanes of at least 4 members (excludes halogenated alkanes) is 1. The minimum absolute atomic E-state index is 0.0954. The maximum absolute atomic E-state index is 11.6. The van der Waals surface area contributed by atoms with Crippen LogP contribution in [0.1, 0.15) is 25.3 Å². The molecule has 1 N–H and O–H groups in total. The fourth-order valence-corrected chi connectivity index (χ4v) is 2.09. The second-order valence-corrected chi connectivity index (χ2v) is 5.32. The first-order valence-electron chi connectivity index (χ1n) is 6.32. The lowest BCUT2D eigenvalue weighted by Crippen LogP contribution is -2.35. The number of carbonyl (C=O) groups excluding carboxylic acids is 1. The first-order valence-corrected chi connectivity index (χ1v) is 7.11. The number of nitrogens with zero attached hydrogens (tertiary/aromatic N) is 1. The summed E-state index contributed by atoms with van der Waals surface area (Å²) in [6, 6.07) is 8.08. The Morgan fingerprint density at radius 1 is 1.39 bits per heavy atom. The van der Waals surface area contributed by atoms with Gasteiger partial charge in [-0.05, 0) is 25.1 Å². The van der Waals surface area contributed by atoms with Gasteiger partial charge in [-0.15, -0.1) is 0 Å². The van der Waals surface area contributed by atoms with Gasteiger partial charge in [0.1, 0.15) is 0 Å². The van der Waals surface area contributed by atoms with Crippen molar-refractivity contribution in [2.45, 2.75) is 26.3 Å². The van der Waals surface area contributed by atoms with Gasteiger partial charge in [0, 0.05) is 17.6 Å². The summed E-state index contributed by atoms with van der Waals surface area (Å²) in [5.74, 6) is 0.0954. The van der Waals surface area contributed by atoms with Gasteiger partial charge in [-0.3, -0.25) is 9.69 Å². The Morgan fingerprint density at radius 3 is 2.78 bits per heavy atom. The van der Waals surface area contributed by atoms with Crippen LogP contribution in [0.5, 0.6) is 0 Å². The number of likely N-dealkylation sites (N-methyl/N-ethyl adjacent to an activating group) is 1. The Hall–Kier alpha value is -0.870. The number of nitrogens with one attached hydrogen (secondary N) is 1. The van der Waals surface area contributed by atoms with Crippen LogP contribution in [-0.2, 0) is 11.3 Å². The molecular formula is C14H21BrN2O. The van der Waals surface area contributed by atoms with E-state index in [4.69, 9.17) is 0 Å². The number of hydrogen-bond donors (Lipinski definition) is 1. The summed E-state index contributed by atoms with van der Waals surface area (Å²) >= 11 is 3.52. The molecule has 1 rings (SSSR count). The largest absolute Gasteiger partial charge is 0.355 e. The molecule has 0 fully saturated rings. The van der Waals surface area contributed by atoms with Gasteiger partial charge >= 0.3 is 0 Å². The van der Waals surface area contributed by atoms with Gasteiger partial charge in [-0.1, -0.05) is 47.5 Å². The Bertz CT molecular complexity index is 382. The van der Waals surface area contributed by atoms with Crippen LogP contribution in [0, 0.1) is 0 Å². The third-order valence-electron chi connectivity index (χ3n) is 2.66. The van der Waals surface area contributed by atoms with Crippen LogP contribution >= 0.6 is 15.9 Å². The van der Waals surface area contributed by atoms with Crippen LogP contribution in [-0.4, -0.2) is 30.9 Å². The highest BCUT2D eigenvalue weighted by molar-refractivity contribution is 9.10. The Balaban J connectivity index is 2.35. The lowest BCUT2D eigenvalue weighted by Gasteiger charge is -2.17. The Labute approximate surface area is 118 Å². The first-order chi connectivity index (χ1) is 8.63. The predicted octanol–water partition coefficient (Wildman–Crippen LogP) is 2.80. The highest BCUT2D eigenvalue weighted by Gasteiger charge is 2.07. The summed E-state index contributed by atoms with van der Waals surface area (Å²) in [5.41, 5.74) is 1.20. The average molecular weight is 313 g/mol. The van der Waals surface area contributed by atoms with Gasteiger partial charge in [0.2, 0.25) is 5.91 Å². The van der Waals surface area contributed by atoms with E-state index in [1.807, 2.05) is 30.1 Å². The van der Waals surface area contributed by atoms with E-state index in [2.05, 4.69) is 34.2 Å². The maximum Gasteiger partial charge on any atom is 0.234 e. The van der Waals surface area contributed by atoms with Gasteiger partial charge in [-0.2, -0.15) is 0 Å². The Morgan fingerprint density at radius 2 is 2.11 bits per heavy atom. The minimum Gasteiger partial charge on any atom is -0.355 e. The van der Waals surface area contributed by atoms with Crippen molar-refractivity contribution < 1.29 is 4.79 Å². The molecule has 0 atom stereocenters. The molecule has 1 amide bonds. The van der Waals surface area contributed by atoms with E-state index in [-0.39, 0.29) is 5.91 Å². The highest BCUT2D eigenvalue weighted by Crippen LogP contribution is 2.16. The molecule has 0 saturated carbocycles. The van der Waals surface area contributed by atoms with E-state index >= 15 is 0 Å². The predicted molar refractivity (Wildman–Crippen MR) is 78.4 cm³/mol. The zero-order chi connectivity index (χ0) is 13.4. The van der Waals surface area contributed by atoms with Crippen molar-refractivity contribution in [1.29, 1.82) is 0 Å².